The van der Waals surface area contributed by atoms with Gasteiger partial charge in [-0.05, 0) is 38.0 Å². The molecule has 0 radical (unpaired) electrons. The number of nitrogens with zero attached hydrogens (tertiary/aromatic N) is 1. The van der Waals surface area contributed by atoms with Crippen LogP contribution in [0.2, 0.25) is 5.02 Å². The first kappa shape index (κ1) is 16.6. The zero-order valence-corrected chi connectivity index (χ0v) is 13.5. The van der Waals surface area contributed by atoms with Crippen molar-refractivity contribution in [2.75, 3.05) is 20.2 Å². The largest absolute Gasteiger partial charge is 0.481 e. The third kappa shape index (κ3) is 4.13. The van der Waals surface area contributed by atoms with E-state index in [4.69, 9.17) is 21.1 Å². The highest BCUT2D eigenvalue weighted by Crippen LogP contribution is 2.21. The summed E-state index contributed by atoms with van der Waals surface area (Å²) in [7, 11) is 1.39. The average molecular weight is 326 g/mol. The Kier molecular flexibility index (Phi) is 5.66. The van der Waals surface area contributed by atoms with Crippen LogP contribution in [0.4, 0.5) is 0 Å². The van der Waals surface area contributed by atoms with Gasteiger partial charge in [-0.25, -0.2) is 0 Å². The smallest absolute Gasteiger partial charge is 0.308 e. The summed E-state index contributed by atoms with van der Waals surface area (Å²) in [6.45, 7) is 2.80. The van der Waals surface area contributed by atoms with Crippen LogP contribution in [0.3, 0.4) is 0 Å². The zero-order chi connectivity index (χ0) is 16.1. The van der Waals surface area contributed by atoms with Gasteiger partial charge in [-0.3, -0.25) is 9.59 Å². The van der Waals surface area contributed by atoms with Gasteiger partial charge in [-0.2, -0.15) is 0 Å². The summed E-state index contributed by atoms with van der Waals surface area (Å²) in [6.07, 6.45) is 0.665. The summed E-state index contributed by atoms with van der Waals surface area (Å²) in [5.74, 6) is 0.176. The molecule has 1 aromatic rings. The minimum atomic E-state index is -0.590. The minimum Gasteiger partial charge on any atom is -0.481 e. The number of piperidine rings is 1. The van der Waals surface area contributed by atoms with Gasteiger partial charge < -0.3 is 14.4 Å². The topological polar surface area (TPSA) is 55.8 Å². The number of halogens is 1. The molecule has 1 aliphatic heterocycles. The maximum absolute atomic E-state index is 12.4. The maximum Gasteiger partial charge on any atom is 0.308 e. The lowest BCUT2D eigenvalue weighted by molar-refractivity contribution is -0.150. The predicted molar refractivity (Wildman–Crippen MR) is 82.9 cm³/mol. The molecule has 0 saturated carbocycles. The zero-order valence-electron chi connectivity index (χ0n) is 12.8. The number of benzene rings is 1. The number of esters is 1. The van der Waals surface area contributed by atoms with Crippen LogP contribution in [0.5, 0.6) is 5.75 Å². The van der Waals surface area contributed by atoms with E-state index in [0.717, 1.165) is 0 Å². The Balaban J connectivity index is 1.88. The Hall–Kier alpha value is -1.75. The summed E-state index contributed by atoms with van der Waals surface area (Å²) in [4.78, 5) is 25.6. The average Bonchev–Trinajstić information content (AvgIpc) is 2.53. The number of carbonyl (C=O) groups is 2. The molecule has 5 nitrogen and oxygen atoms in total. The van der Waals surface area contributed by atoms with E-state index < -0.39 is 6.10 Å². The normalized spacial score (nSPS) is 17.0. The first-order chi connectivity index (χ1) is 10.5. The van der Waals surface area contributed by atoms with Crippen LogP contribution >= 0.6 is 11.6 Å². The highest BCUT2D eigenvalue weighted by Gasteiger charge is 2.30. The van der Waals surface area contributed by atoms with E-state index in [1.54, 1.807) is 36.1 Å². The number of likely N-dealkylation sites (tertiary alicyclic amines) is 1. The molecule has 2 rings (SSSR count). The molecule has 0 aliphatic carbocycles. The molecule has 1 saturated heterocycles. The molecule has 1 atom stereocenters. The van der Waals surface area contributed by atoms with Crippen molar-refractivity contribution >= 4 is 23.5 Å². The molecule has 6 heteroatoms. The van der Waals surface area contributed by atoms with Crippen molar-refractivity contribution in [3.05, 3.63) is 29.3 Å². The Bertz CT molecular complexity index is 541. The number of carbonyl (C=O) groups excluding carboxylic acids is 2. The Morgan fingerprint density at radius 2 is 2.00 bits per heavy atom. The lowest BCUT2D eigenvalue weighted by Crippen LogP contribution is -2.45. The highest BCUT2D eigenvalue weighted by atomic mass is 35.5. The van der Waals surface area contributed by atoms with E-state index in [1.807, 2.05) is 0 Å². The molecule has 0 bridgehead atoms. The summed E-state index contributed by atoms with van der Waals surface area (Å²) < 4.78 is 10.4. The van der Waals surface area contributed by atoms with E-state index in [0.29, 0.717) is 36.7 Å². The lowest BCUT2D eigenvalue weighted by atomic mass is 9.97. The van der Waals surface area contributed by atoms with Gasteiger partial charge in [0.05, 0.1) is 13.0 Å². The number of hydrogen-bond donors (Lipinski definition) is 0. The number of hydrogen-bond acceptors (Lipinski definition) is 4. The fraction of sp³-hybridized carbons (Fsp3) is 0.500. The van der Waals surface area contributed by atoms with E-state index >= 15 is 0 Å². The van der Waals surface area contributed by atoms with Crippen molar-refractivity contribution in [1.29, 1.82) is 0 Å². The van der Waals surface area contributed by atoms with E-state index in [9.17, 15) is 9.59 Å². The first-order valence-electron chi connectivity index (χ1n) is 7.30. The summed E-state index contributed by atoms with van der Waals surface area (Å²) in [5.41, 5.74) is 0. The molecule has 1 amide bonds. The monoisotopic (exact) mass is 325 g/mol. The second-order valence-electron chi connectivity index (χ2n) is 5.34. The molecule has 22 heavy (non-hydrogen) atoms. The standard InChI is InChI=1S/C16H20ClNO4/c1-11(22-14-5-3-4-13(17)10-14)15(19)18-8-6-12(7-9-18)16(20)21-2/h3-5,10-12H,6-9H2,1-2H3/t11-/m1/s1. The molecule has 1 heterocycles. The van der Waals surface area contributed by atoms with Crippen LogP contribution in [0.1, 0.15) is 19.8 Å². The van der Waals surface area contributed by atoms with E-state index in [2.05, 4.69) is 0 Å². The summed E-state index contributed by atoms with van der Waals surface area (Å²) in [5, 5.41) is 0.566. The Morgan fingerprint density at radius 3 is 2.59 bits per heavy atom. The van der Waals surface area contributed by atoms with Crippen LogP contribution in [-0.2, 0) is 14.3 Å². The van der Waals surface area contributed by atoms with Crippen molar-refractivity contribution in [3.8, 4) is 5.75 Å². The molecule has 1 aliphatic rings. The van der Waals surface area contributed by atoms with Gasteiger partial charge in [0.2, 0.25) is 0 Å². The number of ether oxygens (including phenoxy) is 2. The molecule has 0 N–H and O–H groups in total. The van der Waals surface area contributed by atoms with Crippen LogP contribution in [0.15, 0.2) is 24.3 Å². The quantitative estimate of drug-likeness (QED) is 0.798. The molecule has 120 valence electrons. The first-order valence-corrected chi connectivity index (χ1v) is 7.68. The van der Waals surface area contributed by atoms with E-state index in [1.165, 1.54) is 7.11 Å². The van der Waals surface area contributed by atoms with Gasteiger partial charge in [0, 0.05) is 18.1 Å². The van der Waals surface area contributed by atoms with Crippen LogP contribution in [0.25, 0.3) is 0 Å². The predicted octanol–water partition coefficient (Wildman–Crippen LogP) is 2.52. The third-order valence-corrected chi connectivity index (χ3v) is 4.03. The second-order valence-corrected chi connectivity index (χ2v) is 5.78. The molecular weight excluding hydrogens is 306 g/mol. The maximum atomic E-state index is 12.4. The number of rotatable bonds is 4. The van der Waals surface area contributed by atoms with Crippen molar-refractivity contribution in [2.24, 2.45) is 5.92 Å². The fourth-order valence-corrected chi connectivity index (χ4v) is 2.73. The van der Waals surface area contributed by atoms with Crippen LogP contribution in [0, 0.1) is 5.92 Å². The number of methoxy groups -OCH3 is 1. The van der Waals surface area contributed by atoms with Gasteiger partial charge in [0.25, 0.3) is 5.91 Å². The van der Waals surface area contributed by atoms with Crippen molar-refractivity contribution in [3.63, 3.8) is 0 Å². The van der Waals surface area contributed by atoms with Crippen LogP contribution < -0.4 is 4.74 Å². The Labute approximate surface area is 135 Å². The third-order valence-electron chi connectivity index (χ3n) is 3.80. The molecule has 0 spiro atoms. The van der Waals surface area contributed by atoms with Crippen molar-refractivity contribution < 1.29 is 19.1 Å². The van der Waals surface area contributed by atoms with Crippen molar-refractivity contribution in [1.82, 2.24) is 4.90 Å². The molecule has 1 aromatic carbocycles. The molecule has 1 fully saturated rings. The minimum absolute atomic E-state index is 0.0803. The molecule has 0 unspecified atom stereocenters. The lowest BCUT2D eigenvalue weighted by Gasteiger charge is -2.32. The fourth-order valence-electron chi connectivity index (χ4n) is 2.55. The summed E-state index contributed by atoms with van der Waals surface area (Å²) >= 11 is 5.90. The van der Waals surface area contributed by atoms with E-state index in [-0.39, 0.29) is 17.8 Å². The van der Waals surface area contributed by atoms with Gasteiger partial charge in [0.15, 0.2) is 6.10 Å². The molecule has 0 aromatic heterocycles. The Morgan fingerprint density at radius 1 is 1.32 bits per heavy atom. The summed E-state index contributed by atoms with van der Waals surface area (Å²) in [6, 6.07) is 6.96. The molecular formula is C16H20ClNO4. The van der Waals surface area contributed by atoms with Crippen molar-refractivity contribution in [2.45, 2.75) is 25.9 Å². The van der Waals surface area contributed by atoms with Gasteiger partial charge >= 0.3 is 5.97 Å². The highest BCUT2D eigenvalue weighted by molar-refractivity contribution is 6.30. The SMILES string of the molecule is COC(=O)C1CCN(C(=O)[C@@H](C)Oc2cccc(Cl)c2)CC1. The van der Waals surface area contributed by atoms with Gasteiger partial charge in [-0.15, -0.1) is 0 Å². The second kappa shape index (κ2) is 7.49. The number of amides is 1. The van der Waals surface area contributed by atoms with Gasteiger partial charge in [0.1, 0.15) is 5.75 Å². The van der Waals surface area contributed by atoms with Gasteiger partial charge in [-0.1, -0.05) is 17.7 Å². The van der Waals surface area contributed by atoms with Crippen LogP contribution in [-0.4, -0.2) is 43.1 Å².